The largest absolute Gasteiger partial charge is 0.452 e. The molecular weight excluding hydrogens is 272 g/mol. The Hall–Kier alpha value is -1.85. The Morgan fingerprint density at radius 2 is 2.05 bits per heavy atom. The number of aryl methyl sites for hydroxylation is 1. The van der Waals surface area contributed by atoms with Gasteiger partial charge in [0.15, 0.2) is 12.4 Å². The van der Waals surface area contributed by atoms with Crippen molar-refractivity contribution in [2.24, 2.45) is 0 Å². The van der Waals surface area contributed by atoms with Crippen molar-refractivity contribution in [3.8, 4) is 0 Å². The highest BCUT2D eigenvalue weighted by atomic mass is 16.5. The van der Waals surface area contributed by atoms with Crippen LogP contribution in [0.25, 0.3) is 0 Å². The monoisotopic (exact) mass is 294 g/mol. The van der Waals surface area contributed by atoms with Gasteiger partial charge in [-0.1, -0.05) is 31.8 Å². The van der Waals surface area contributed by atoms with E-state index in [2.05, 4.69) is 10.5 Å². The standard InChI is InChI=1S/C15H22N2O4/c1-9(2)14-13(10(3)17-21-14)15(19)20-8-12(18)16-11-6-4-5-7-11/h9,11H,4-8H2,1-3H3,(H,16,18). The van der Waals surface area contributed by atoms with E-state index < -0.39 is 5.97 Å². The molecule has 1 aromatic rings. The van der Waals surface area contributed by atoms with E-state index in [1.807, 2.05) is 13.8 Å². The van der Waals surface area contributed by atoms with Crippen LogP contribution in [-0.4, -0.2) is 29.7 Å². The molecule has 2 rings (SSSR count). The second kappa shape index (κ2) is 6.74. The van der Waals surface area contributed by atoms with Gasteiger partial charge in [0.25, 0.3) is 5.91 Å². The van der Waals surface area contributed by atoms with Crippen molar-refractivity contribution < 1.29 is 18.8 Å². The van der Waals surface area contributed by atoms with Crippen molar-refractivity contribution in [1.82, 2.24) is 10.5 Å². The first-order valence-electron chi connectivity index (χ1n) is 7.41. The minimum atomic E-state index is -0.556. The van der Waals surface area contributed by atoms with E-state index in [4.69, 9.17) is 9.26 Å². The molecule has 0 aromatic carbocycles. The van der Waals surface area contributed by atoms with Crippen molar-refractivity contribution >= 4 is 11.9 Å². The van der Waals surface area contributed by atoms with Crippen LogP contribution in [0.3, 0.4) is 0 Å². The van der Waals surface area contributed by atoms with Crippen LogP contribution in [-0.2, 0) is 9.53 Å². The summed E-state index contributed by atoms with van der Waals surface area (Å²) >= 11 is 0. The van der Waals surface area contributed by atoms with Gasteiger partial charge in [0.1, 0.15) is 5.56 Å². The Morgan fingerprint density at radius 3 is 2.67 bits per heavy atom. The van der Waals surface area contributed by atoms with E-state index in [0.29, 0.717) is 17.0 Å². The van der Waals surface area contributed by atoms with Gasteiger partial charge in [-0.25, -0.2) is 4.79 Å². The van der Waals surface area contributed by atoms with E-state index >= 15 is 0 Å². The molecule has 1 aliphatic carbocycles. The Labute approximate surface area is 124 Å². The number of ether oxygens (including phenoxy) is 1. The van der Waals surface area contributed by atoms with E-state index in [1.54, 1.807) is 6.92 Å². The van der Waals surface area contributed by atoms with Gasteiger partial charge in [-0.15, -0.1) is 0 Å². The summed E-state index contributed by atoms with van der Waals surface area (Å²) < 4.78 is 10.2. The summed E-state index contributed by atoms with van der Waals surface area (Å²) in [7, 11) is 0. The highest BCUT2D eigenvalue weighted by Crippen LogP contribution is 2.23. The molecule has 6 nitrogen and oxygen atoms in total. The fraction of sp³-hybridized carbons (Fsp3) is 0.667. The van der Waals surface area contributed by atoms with Gasteiger partial charge in [0.05, 0.1) is 5.69 Å². The molecule has 1 aliphatic rings. The van der Waals surface area contributed by atoms with Crippen molar-refractivity contribution in [1.29, 1.82) is 0 Å². The van der Waals surface area contributed by atoms with Gasteiger partial charge >= 0.3 is 5.97 Å². The molecule has 0 spiro atoms. The second-order valence-corrected chi connectivity index (χ2v) is 5.79. The normalized spacial score (nSPS) is 15.4. The molecule has 1 heterocycles. The van der Waals surface area contributed by atoms with E-state index in [1.165, 1.54) is 0 Å². The maximum absolute atomic E-state index is 12.1. The molecule has 1 N–H and O–H groups in total. The molecule has 0 saturated heterocycles. The lowest BCUT2D eigenvalue weighted by atomic mass is 10.1. The van der Waals surface area contributed by atoms with Crippen molar-refractivity contribution in [3.05, 3.63) is 17.0 Å². The Kier molecular flexibility index (Phi) is 4.98. The molecule has 116 valence electrons. The fourth-order valence-electron chi connectivity index (χ4n) is 2.57. The summed E-state index contributed by atoms with van der Waals surface area (Å²) in [6, 6.07) is 0.222. The molecule has 0 radical (unpaired) electrons. The number of esters is 1. The average Bonchev–Trinajstić information content (AvgIpc) is 3.05. The zero-order valence-corrected chi connectivity index (χ0v) is 12.8. The Morgan fingerprint density at radius 1 is 1.38 bits per heavy atom. The molecule has 1 fully saturated rings. The number of hydrogen-bond acceptors (Lipinski definition) is 5. The summed E-state index contributed by atoms with van der Waals surface area (Å²) in [5.41, 5.74) is 0.818. The molecule has 1 aromatic heterocycles. The minimum absolute atomic E-state index is 0.0288. The maximum atomic E-state index is 12.1. The highest BCUT2D eigenvalue weighted by molar-refractivity contribution is 5.93. The zero-order valence-electron chi connectivity index (χ0n) is 12.8. The molecule has 21 heavy (non-hydrogen) atoms. The van der Waals surface area contributed by atoms with E-state index in [9.17, 15) is 9.59 Å². The van der Waals surface area contributed by atoms with Crippen LogP contribution in [0, 0.1) is 6.92 Å². The predicted octanol–water partition coefficient (Wildman–Crippen LogP) is 2.32. The summed E-state index contributed by atoms with van der Waals surface area (Å²) in [6.45, 7) is 5.23. The number of hydrogen-bond donors (Lipinski definition) is 1. The van der Waals surface area contributed by atoms with Crippen LogP contribution in [0.4, 0.5) is 0 Å². The van der Waals surface area contributed by atoms with Gasteiger partial charge in [-0.3, -0.25) is 4.79 Å². The van der Waals surface area contributed by atoms with Crippen LogP contribution in [0.5, 0.6) is 0 Å². The van der Waals surface area contributed by atoms with Gasteiger partial charge < -0.3 is 14.6 Å². The van der Waals surface area contributed by atoms with Crippen LogP contribution in [0.1, 0.15) is 67.3 Å². The van der Waals surface area contributed by atoms with Crippen LogP contribution < -0.4 is 5.32 Å². The predicted molar refractivity (Wildman–Crippen MR) is 76.0 cm³/mol. The molecule has 0 aliphatic heterocycles. The average molecular weight is 294 g/mol. The lowest BCUT2D eigenvalue weighted by Gasteiger charge is -2.12. The molecular formula is C15H22N2O4. The zero-order chi connectivity index (χ0) is 15.4. The van der Waals surface area contributed by atoms with Crippen LogP contribution in [0.2, 0.25) is 0 Å². The van der Waals surface area contributed by atoms with Crippen molar-refractivity contribution in [3.63, 3.8) is 0 Å². The first-order chi connectivity index (χ1) is 9.99. The van der Waals surface area contributed by atoms with Gasteiger partial charge in [0.2, 0.25) is 0 Å². The third kappa shape index (κ3) is 3.83. The quantitative estimate of drug-likeness (QED) is 0.843. The number of nitrogens with one attached hydrogen (secondary N) is 1. The number of aromatic nitrogens is 1. The third-order valence-corrected chi connectivity index (χ3v) is 3.67. The SMILES string of the molecule is Cc1noc(C(C)C)c1C(=O)OCC(=O)NC1CCCC1. The molecule has 1 saturated carbocycles. The number of carbonyl (C=O) groups is 2. The molecule has 1 amide bonds. The van der Waals surface area contributed by atoms with E-state index in [0.717, 1.165) is 25.7 Å². The minimum Gasteiger partial charge on any atom is -0.452 e. The van der Waals surface area contributed by atoms with Crippen LogP contribution >= 0.6 is 0 Å². The molecule has 6 heteroatoms. The van der Waals surface area contributed by atoms with E-state index in [-0.39, 0.29) is 24.5 Å². The first kappa shape index (κ1) is 15.5. The highest BCUT2D eigenvalue weighted by Gasteiger charge is 2.25. The Bertz CT molecular complexity index is 516. The lowest BCUT2D eigenvalue weighted by Crippen LogP contribution is -2.36. The summed E-state index contributed by atoms with van der Waals surface area (Å²) in [5.74, 6) is -0.288. The fourth-order valence-corrected chi connectivity index (χ4v) is 2.57. The van der Waals surface area contributed by atoms with Crippen molar-refractivity contribution in [2.75, 3.05) is 6.61 Å². The van der Waals surface area contributed by atoms with Gasteiger partial charge in [-0.2, -0.15) is 0 Å². The maximum Gasteiger partial charge on any atom is 0.344 e. The summed E-state index contributed by atoms with van der Waals surface area (Å²) in [6.07, 6.45) is 4.29. The third-order valence-electron chi connectivity index (χ3n) is 3.67. The number of amides is 1. The molecule has 0 atom stereocenters. The lowest BCUT2D eigenvalue weighted by molar-refractivity contribution is -0.124. The molecule has 0 bridgehead atoms. The number of carbonyl (C=O) groups excluding carboxylic acids is 2. The van der Waals surface area contributed by atoms with Gasteiger partial charge in [-0.05, 0) is 19.8 Å². The Balaban J connectivity index is 1.89. The van der Waals surface area contributed by atoms with Gasteiger partial charge in [0, 0.05) is 12.0 Å². The van der Waals surface area contributed by atoms with Crippen molar-refractivity contribution in [2.45, 2.75) is 58.4 Å². The summed E-state index contributed by atoms with van der Waals surface area (Å²) in [4.78, 5) is 23.8. The topological polar surface area (TPSA) is 81.4 Å². The number of nitrogens with zero attached hydrogens (tertiary/aromatic N) is 1. The first-order valence-corrected chi connectivity index (χ1v) is 7.41. The molecule has 0 unspecified atom stereocenters. The number of rotatable bonds is 5. The van der Waals surface area contributed by atoms with Crippen LogP contribution in [0.15, 0.2) is 4.52 Å². The second-order valence-electron chi connectivity index (χ2n) is 5.79. The smallest absolute Gasteiger partial charge is 0.344 e. The summed E-state index contributed by atoms with van der Waals surface area (Å²) in [5, 5.41) is 6.67.